The third-order valence-corrected chi connectivity index (χ3v) is 6.59. The van der Waals surface area contributed by atoms with Crippen LogP contribution in [0.5, 0.6) is 5.75 Å². The van der Waals surface area contributed by atoms with Crippen LogP contribution in [0.3, 0.4) is 0 Å². The highest BCUT2D eigenvalue weighted by atomic mass is 16.5. The van der Waals surface area contributed by atoms with Crippen LogP contribution in [0.25, 0.3) is 22.2 Å². The van der Waals surface area contributed by atoms with E-state index in [4.69, 9.17) is 4.74 Å². The van der Waals surface area contributed by atoms with Gasteiger partial charge in [0.15, 0.2) is 0 Å². The molecule has 1 N–H and O–H groups in total. The summed E-state index contributed by atoms with van der Waals surface area (Å²) in [7, 11) is 3.21. The molecule has 0 aliphatic carbocycles. The molecule has 0 fully saturated rings. The van der Waals surface area contributed by atoms with Crippen molar-refractivity contribution in [3.8, 4) is 17.0 Å². The Morgan fingerprint density at radius 3 is 2.24 bits per heavy atom. The predicted octanol–water partition coefficient (Wildman–Crippen LogP) is 3.57. The topological polar surface area (TPSA) is 78.4 Å². The number of aromatic hydroxyl groups is 1. The van der Waals surface area contributed by atoms with Crippen LogP contribution in [-0.2, 0) is 24.4 Å². The van der Waals surface area contributed by atoms with Crippen molar-refractivity contribution in [1.29, 1.82) is 0 Å². The molecule has 7 heteroatoms. The summed E-state index contributed by atoms with van der Waals surface area (Å²) in [6, 6.07) is 14.9. The number of fused-ring (bicyclic) bond motifs is 3. The van der Waals surface area contributed by atoms with E-state index in [1.165, 1.54) is 7.05 Å². The zero-order valence-electron chi connectivity index (χ0n) is 19.4. The average Bonchev–Trinajstić information content (AvgIpc) is 3.15. The zero-order valence-corrected chi connectivity index (χ0v) is 19.4. The fraction of sp³-hybridized carbons (Fsp3) is 0.308. The van der Waals surface area contributed by atoms with Gasteiger partial charge in [-0.2, -0.15) is 0 Å². The summed E-state index contributed by atoms with van der Waals surface area (Å²) in [4.78, 5) is 26.5. The molecule has 4 aromatic rings. The zero-order chi connectivity index (χ0) is 23.7. The maximum atomic E-state index is 13.5. The van der Waals surface area contributed by atoms with Crippen molar-refractivity contribution >= 4 is 10.9 Å². The summed E-state index contributed by atoms with van der Waals surface area (Å²) in [6.45, 7) is 6.59. The van der Waals surface area contributed by atoms with Crippen molar-refractivity contribution in [3.63, 3.8) is 0 Å². The van der Waals surface area contributed by atoms with Gasteiger partial charge < -0.3 is 14.4 Å². The van der Waals surface area contributed by atoms with E-state index in [0.717, 1.165) is 32.6 Å². The van der Waals surface area contributed by atoms with Crippen LogP contribution in [0, 0.1) is 6.92 Å². The number of ether oxygens (including phenoxy) is 1. The van der Waals surface area contributed by atoms with Gasteiger partial charge >= 0.3 is 5.69 Å². The second-order valence-electron chi connectivity index (χ2n) is 9.46. The van der Waals surface area contributed by atoms with Crippen LogP contribution < -0.4 is 11.2 Å². The largest absolute Gasteiger partial charge is 0.508 e. The summed E-state index contributed by atoms with van der Waals surface area (Å²) in [5, 5.41) is 10.3. The van der Waals surface area contributed by atoms with Crippen molar-refractivity contribution in [2.24, 2.45) is 14.1 Å². The quantitative estimate of drug-likeness (QED) is 0.512. The van der Waals surface area contributed by atoms with Crippen LogP contribution >= 0.6 is 0 Å². The number of phenols is 1. The summed E-state index contributed by atoms with van der Waals surface area (Å²) < 4.78 is 11.2. The van der Waals surface area contributed by atoms with Crippen LogP contribution in [0.1, 0.15) is 36.8 Å². The first-order chi connectivity index (χ1) is 15.6. The Morgan fingerprint density at radius 2 is 1.61 bits per heavy atom. The van der Waals surface area contributed by atoms with Gasteiger partial charge in [-0.3, -0.25) is 13.9 Å². The molecule has 0 spiro atoms. The maximum Gasteiger partial charge on any atom is 0.331 e. The highest BCUT2D eigenvalue weighted by Gasteiger charge is 2.40. The first-order valence-electron chi connectivity index (χ1n) is 10.9. The average molecular weight is 446 g/mol. The maximum absolute atomic E-state index is 13.5. The molecule has 1 unspecified atom stereocenters. The summed E-state index contributed by atoms with van der Waals surface area (Å²) in [5.74, 6) is 0.164. The van der Waals surface area contributed by atoms with Crippen molar-refractivity contribution in [2.45, 2.75) is 32.4 Å². The minimum Gasteiger partial charge on any atom is -0.508 e. The fourth-order valence-electron chi connectivity index (χ4n) is 4.88. The van der Waals surface area contributed by atoms with Gasteiger partial charge in [0.2, 0.25) is 0 Å². The molecule has 2 aromatic carbocycles. The molecule has 1 aliphatic rings. The Balaban J connectivity index is 2.00. The predicted molar refractivity (Wildman–Crippen MR) is 128 cm³/mol. The van der Waals surface area contributed by atoms with Crippen LogP contribution in [0.2, 0.25) is 0 Å². The molecule has 0 amide bonds. The van der Waals surface area contributed by atoms with E-state index in [1.807, 2.05) is 43.3 Å². The van der Waals surface area contributed by atoms with Crippen LogP contribution in [0.4, 0.5) is 0 Å². The molecular formula is C26H27N3O4. The minimum atomic E-state index is -0.502. The molecular weight excluding hydrogens is 418 g/mol. The summed E-state index contributed by atoms with van der Waals surface area (Å²) >= 11 is 0. The smallest absolute Gasteiger partial charge is 0.331 e. The van der Waals surface area contributed by atoms with E-state index in [-0.39, 0.29) is 17.0 Å². The molecule has 33 heavy (non-hydrogen) atoms. The van der Waals surface area contributed by atoms with E-state index in [2.05, 4.69) is 18.4 Å². The third kappa shape index (κ3) is 3.07. The van der Waals surface area contributed by atoms with Gasteiger partial charge in [0, 0.05) is 14.1 Å². The molecule has 3 heterocycles. The van der Waals surface area contributed by atoms with E-state index in [1.54, 1.807) is 23.7 Å². The molecule has 0 radical (unpaired) electrons. The van der Waals surface area contributed by atoms with Crippen LogP contribution in [0.15, 0.2) is 58.1 Å². The van der Waals surface area contributed by atoms with E-state index < -0.39 is 11.6 Å². The Hall–Kier alpha value is -3.58. The Bertz CT molecular complexity index is 1500. The molecule has 7 nitrogen and oxygen atoms in total. The number of rotatable bonds is 2. The molecule has 1 aliphatic heterocycles. The molecule has 1 atom stereocenters. The lowest BCUT2D eigenvalue weighted by Crippen LogP contribution is -2.40. The third-order valence-electron chi connectivity index (χ3n) is 6.59. The minimum absolute atomic E-state index is 0.164. The van der Waals surface area contributed by atoms with Crippen LogP contribution in [-0.4, -0.2) is 25.4 Å². The van der Waals surface area contributed by atoms with Crippen molar-refractivity contribution in [3.05, 3.63) is 86.2 Å². The fourth-order valence-corrected chi connectivity index (χ4v) is 4.88. The lowest BCUT2D eigenvalue weighted by atomic mass is 9.98. The Kier molecular flexibility index (Phi) is 4.65. The Morgan fingerprint density at radius 1 is 0.970 bits per heavy atom. The van der Waals surface area contributed by atoms with Gasteiger partial charge in [-0.05, 0) is 44.0 Å². The Labute approximate surface area is 191 Å². The summed E-state index contributed by atoms with van der Waals surface area (Å²) in [6.07, 6.45) is -0.502. The van der Waals surface area contributed by atoms with Gasteiger partial charge in [-0.15, -0.1) is 0 Å². The van der Waals surface area contributed by atoms with E-state index in [0.29, 0.717) is 17.5 Å². The van der Waals surface area contributed by atoms with Crippen molar-refractivity contribution < 1.29 is 9.84 Å². The van der Waals surface area contributed by atoms with E-state index in [9.17, 15) is 14.7 Å². The number of aryl methyl sites for hydroxylation is 2. The number of hydrogen-bond donors (Lipinski definition) is 1. The normalized spacial score (nSPS) is 17.3. The number of nitrogens with zero attached hydrogens (tertiary/aromatic N) is 3. The van der Waals surface area contributed by atoms with Gasteiger partial charge in [-0.1, -0.05) is 42.0 Å². The molecule has 5 rings (SSSR count). The number of hydrogen-bond acceptors (Lipinski definition) is 4. The molecule has 0 bridgehead atoms. The standard InChI is InChI=1S/C26H27N3O4/c1-15-6-8-16(9-7-15)20-19-21(27(4)25(32)28(5)24(19)31)22-23(17-10-12-18(30)13-11-17)33-14-26(2,3)29(20)22/h6-13,23,30H,14H2,1-5H3. The highest BCUT2D eigenvalue weighted by Crippen LogP contribution is 2.45. The molecule has 0 saturated carbocycles. The van der Waals surface area contributed by atoms with Crippen molar-refractivity contribution in [2.75, 3.05) is 6.61 Å². The number of phenolic OH excluding ortho intramolecular Hbond substituents is 1. The monoisotopic (exact) mass is 445 g/mol. The molecule has 2 aromatic heterocycles. The number of benzene rings is 2. The highest BCUT2D eigenvalue weighted by molar-refractivity contribution is 5.96. The first kappa shape index (κ1) is 21.3. The number of aromatic nitrogens is 3. The second kappa shape index (κ2) is 7.22. The molecule has 0 saturated heterocycles. The van der Waals surface area contributed by atoms with Gasteiger partial charge in [-0.25, -0.2) is 4.79 Å². The van der Waals surface area contributed by atoms with E-state index >= 15 is 0 Å². The van der Waals surface area contributed by atoms with Crippen molar-refractivity contribution in [1.82, 2.24) is 13.7 Å². The SMILES string of the molecule is Cc1ccc(-c2c3c(=O)n(C)c(=O)n(C)c3c3n2C(C)(C)COC3c2ccc(O)cc2)cc1. The van der Waals surface area contributed by atoms with Gasteiger partial charge in [0.05, 0.1) is 34.4 Å². The van der Waals surface area contributed by atoms with Gasteiger partial charge in [0.1, 0.15) is 11.9 Å². The summed E-state index contributed by atoms with van der Waals surface area (Å²) in [5.41, 5.74) is 3.81. The second-order valence-corrected chi connectivity index (χ2v) is 9.46. The lowest BCUT2D eigenvalue weighted by Gasteiger charge is -2.39. The molecule has 170 valence electrons. The lowest BCUT2D eigenvalue weighted by molar-refractivity contribution is -0.00708. The van der Waals surface area contributed by atoms with Gasteiger partial charge in [0.25, 0.3) is 5.56 Å². The first-order valence-corrected chi connectivity index (χ1v) is 10.9.